The topological polar surface area (TPSA) is 51.2 Å². The second-order valence-electron chi connectivity index (χ2n) is 3.47. The van der Waals surface area contributed by atoms with Gasteiger partial charge in [0.1, 0.15) is 18.1 Å². The third kappa shape index (κ3) is 2.76. The number of hydrogen-bond donors (Lipinski definition) is 1. The van der Waals surface area contributed by atoms with Crippen LogP contribution in [0.2, 0.25) is 0 Å². The third-order valence-corrected chi connectivity index (χ3v) is 2.71. The molecule has 0 aromatic carbocycles. The van der Waals surface area contributed by atoms with Crippen LogP contribution in [0.5, 0.6) is 5.75 Å². The van der Waals surface area contributed by atoms with E-state index in [1.807, 2.05) is 6.07 Å². The van der Waals surface area contributed by atoms with Crippen LogP contribution in [0.1, 0.15) is 6.42 Å². The molecule has 1 N–H and O–H groups in total. The fourth-order valence-corrected chi connectivity index (χ4v) is 1.92. The third-order valence-electron chi connectivity index (χ3n) is 2.27. The van der Waals surface area contributed by atoms with Crippen LogP contribution in [0.3, 0.4) is 0 Å². The highest BCUT2D eigenvalue weighted by Crippen LogP contribution is 2.19. The van der Waals surface area contributed by atoms with Gasteiger partial charge in [-0.3, -0.25) is 4.98 Å². The first-order valence-electron chi connectivity index (χ1n) is 4.74. The van der Waals surface area contributed by atoms with Crippen molar-refractivity contribution in [1.82, 2.24) is 10.3 Å². The van der Waals surface area contributed by atoms with Crippen LogP contribution in [0.25, 0.3) is 0 Å². The summed E-state index contributed by atoms with van der Waals surface area (Å²) in [5.74, 6) is 0.725. The molecule has 0 amide bonds. The Morgan fingerprint density at radius 2 is 2.47 bits per heavy atom. The largest absolute Gasteiger partial charge is 0.487 e. The SMILES string of the molecule is O=C[C@@H]1C[C@@H](Oc2cncc(Br)c2)CN1. The van der Waals surface area contributed by atoms with Gasteiger partial charge >= 0.3 is 0 Å². The molecule has 1 aliphatic heterocycles. The van der Waals surface area contributed by atoms with Crippen molar-refractivity contribution in [1.29, 1.82) is 0 Å². The molecule has 2 heterocycles. The number of halogens is 1. The molecule has 2 atom stereocenters. The summed E-state index contributed by atoms with van der Waals surface area (Å²) in [6, 6.07) is 1.79. The van der Waals surface area contributed by atoms with Gasteiger partial charge in [-0.25, -0.2) is 0 Å². The van der Waals surface area contributed by atoms with E-state index in [1.165, 1.54) is 0 Å². The zero-order valence-electron chi connectivity index (χ0n) is 8.02. The predicted molar refractivity (Wildman–Crippen MR) is 58.8 cm³/mol. The lowest BCUT2D eigenvalue weighted by atomic mass is 10.2. The number of aldehydes is 1. The molecule has 1 aliphatic rings. The van der Waals surface area contributed by atoms with Gasteiger partial charge in [0, 0.05) is 23.6 Å². The maximum absolute atomic E-state index is 10.5. The van der Waals surface area contributed by atoms with E-state index in [0.29, 0.717) is 6.54 Å². The fourth-order valence-electron chi connectivity index (χ4n) is 1.58. The summed E-state index contributed by atoms with van der Waals surface area (Å²) in [4.78, 5) is 14.5. The summed E-state index contributed by atoms with van der Waals surface area (Å²) in [5, 5.41) is 3.07. The Labute approximate surface area is 96.2 Å². The summed E-state index contributed by atoms with van der Waals surface area (Å²) < 4.78 is 6.56. The van der Waals surface area contributed by atoms with E-state index in [1.54, 1.807) is 12.4 Å². The Hall–Kier alpha value is -0.940. The molecule has 5 heteroatoms. The Balaban J connectivity index is 1.95. The molecule has 2 rings (SSSR count). The number of rotatable bonds is 3. The van der Waals surface area contributed by atoms with Gasteiger partial charge in [0.05, 0.1) is 12.2 Å². The summed E-state index contributed by atoms with van der Waals surface area (Å²) >= 11 is 3.32. The van der Waals surface area contributed by atoms with Gasteiger partial charge in [-0.05, 0) is 22.0 Å². The van der Waals surface area contributed by atoms with Crippen molar-refractivity contribution < 1.29 is 9.53 Å². The molecule has 0 unspecified atom stereocenters. The zero-order chi connectivity index (χ0) is 10.7. The van der Waals surface area contributed by atoms with E-state index in [9.17, 15) is 4.79 Å². The van der Waals surface area contributed by atoms with E-state index in [2.05, 4.69) is 26.2 Å². The van der Waals surface area contributed by atoms with E-state index < -0.39 is 0 Å². The minimum Gasteiger partial charge on any atom is -0.487 e. The molecule has 1 fully saturated rings. The smallest absolute Gasteiger partial charge is 0.139 e. The van der Waals surface area contributed by atoms with E-state index in [-0.39, 0.29) is 12.1 Å². The summed E-state index contributed by atoms with van der Waals surface area (Å²) in [7, 11) is 0. The standard InChI is InChI=1S/C10H11BrN2O2/c11-7-1-9(4-12-3-7)15-10-2-8(6-14)13-5-10/h1,3-4,6,8,10,13H,2,5H2/t8-,10+/m0/s1. The normalized spacial score (nSPS) is 25.1. The zero-order valence-corrected chi connectivity index (χ0v) is 9.61. The van der Waals surface area contributed by atoms with Crippen molar-refractivity contribution in [2.24, 2.45) is 0 Å². The molecular formula is C10H11BrN2O2. The molecule has 80 valence electrons. The lowest BCUT2D eigenvalue weighted by Crippen LogP contribution is -2.23. The van der Waals surface area contributed by atoms with Crippen LogP contribution in [0.4, 0.5) is 0 Å². The Bertz CT molecular complexity index is 359. The van der Waals surface area contributed by atoms with Crippen molar-refractivity contribution in [3.8, 4) is 5.75 Å². The molecule has 0 spiro atoms. The highest BCUT2D eigenvalue weighted by molar-refractivity contribution is 9.10. The van der Waals surface area contributed by atoms with Crippen LogP contribution in [0, 0.1) is 0 Å². The van der Waals surface area contributed by atoms with Crippen LogP contribution in [-0.2, 0) is 4.79 Å². The van der Waals surface area contributed by atoms with Crippen molar-refractivity contribution in [2.75, 3.05) is 6.54 Å². The highest BCUT2D eigenvalue weighted by atomic mass is 79.9. The van der Waals surface area contributed by atoms with Crippen molar-refractivity contribution >= 4 is 22.2 Å². The average Bonchev–Trinajstić information content (AvgIpc) is 2.65. The number of carbonyl (C=O) groups is 1. The van der Waals surface area contributed by atoms with Gasteiger partial charge in [-0.1, -0.05) is 0 Å². The number of aromatic nitrogens is 1. The maximum Gasteiger partial charge on any atom is 0.139 e. The summed E-state index contributed by atoms with van der Waals surface area (Å²) in [6.45, 7) is 0.704. The molecule has 15 heavy (non-hydrogen) atoms. The lowest BCUT2D eigenvalue weighted by molar-refractivity contribution is -0.109. The van der Waals surface area contributed by atoms with Crippen LogP contribution in [-0.4, -0.2) is 30.0 Å². The molecular weight excluding hydrogens is 260 g/mol. The minimum atomic E-state index is -0.0740. The molecule has 0 radical (unpaired) electrons. The fraction of sp³-hybridized carbons (Fsp3) is 0.400. The monoisotopic (exact) mass is 270 g/mol. The van der Waals surface area contributed by atoms with Gasteiger partial charge in [-0.15, -0.1) is 0 Å². The predicted octanol–water partition coefficient (Wildman–Crippen LogP) is 1.15. The first-order chi connectivity index (χ1) is 7.28. The van der Waals surface area contributed by atoms with Crippen molar-refractivity contribution in [2.45, 2.75) is 18.6 Å². The van der Waals surface area contributed by atoms with E-state index >= 15 is 0 Å². The summed E-state index contributed by atoms with van der Waals surface area (Å²) in [6.07, 6.45) is 5.06. The number of carbonyl (C=O) groups excluding carboxylic acids is 1. The van der Waals surface area contributed by atoms with Gasteiger partial charge in [0.15, 0.2) is 0 Å². The number of pyridine rings is 1. The Morgan fingerprint density at radius 1 is 1.60 bits per heavy atom. The molecule has 0 aliphatic carbocycles. The van der Waals surface area contributed by atoms with Gasteiger partial charge in [0.25, 0.3) is 0 Å². The number of nitrogens with zero attached hydrogens (tertiary/aromatic N) is 1. The van der Waals surface area contributed by atoms with E-state index in [0.717, 1.165) is 22.9 Å². The van der Waals surface area contributed by atoms with E-state index in [4.69, 9.17) is 4.74 Å². The number of nitrogens with one attached hydrogen (secondary N) is 1. The molecule has 0 bridgehead atoms. The molecule has 1 aromatic rings. The Morgan fingerprint density at radius 3 is 3.13 bits per heavy atom. The second kappa shape index (κ2) is 4.72. The van der Waals surface area contributed by atoms with Crippen molar-refractivity contribution in [3.05, 3.63) is 22.9 Å². The van der Waals surface area contributed by atoms with Gasteiger partial charge in [0.2, 0.25) is 0 Å². The van der Waals surface area contributed by atoms with Crippen LogP contribution < -0.4 is 10.1 Å². The first-order valence-corrected chi connectivity index (χ1v) is 5.53. The molecule has 1 saturated heterocycles. The number of hydrogen-bond acceptors (Lipinski definition) is 4. The molecule has 0 saturated carbocycles. The molecule has 4 nitrogen and oxygen atoms in total. The highest BCUT2D eigenvalue weighted by Gasteiger charge is 2.24. The van der Waals surface area contributed by atoms with Gasteiger partial charge < -0.3 is 14.8 Å². The quantitative estimate of drug-likeness (QED) is 0.838. The molecule has 1 aromatic heterocycles. The van der Waals surface area contributed by atoms with Crippen LogP contribution >= 0.6 is 15.9 Å². The minimum absolute atomic E-state index is 0.0521. The maximum atomic E-state index is 10.5. The average molecular weight is 271 g/mol. The lowest BCUT2D eigenvalue weighted by Gasteiger charge is -2.11. The first kappa shape index (κ1) is 10.6. The summed E-state index contributed by atoms with van der Waals surface area (Å²) in [5.41, 5.74) is 0. The second-order valence-corrected chi connectivity index (χ2v) is 4.38. The Kier molecular flexibility index (Phi) is 3.33. The van der Waals surface area contributed by atoms with Gasteiger partial charge in [-0.2, -0.15) is 0 Å². The van der Waals surface area contributed by atoms with Crippen molar-refractivity contribution in [3.63, 3.8) is 0 Å². The van der Waals surface area contributed by atoms with Crippen LogP contribution in [0.15, 0.2) is 22.9 Å². The number of ether oxygens (including phenoxy) is 1.